The van der Waals surface area contributed by atoms with Gasteiger partial charge in [-0.3, -0.25) is 4.79 Å². The molecular formula is C20H31NO5. The van der Waals surface area contributed by atoms with Gasteiger partial charge in [-0.15, -0.1) is 0 Å². The first-order valence-electron chi connectivity index (χ1n) is 10.4. The Kier molecular flexibility index (Phi) is 3.95. The fraction of sp³-hybridized carbons (Fsp3) is 0.950. The summed E-state index contributed by atoms with van der Waals surface area (Å²) in [4.78, 5) is 15.1. The molecule has 5 fully saturated rings. The second kappa shape index (κ2) is 5.90. The topological polar surface area (TPSA) is 74.8 Å². The number of piperidine rings is 1. The summed E-state index contributed by atoms with van der Waals surface area (Å²) in [5.41, 5.74) is -0.678. The van der Waals surface area contributed by atoms with Crippen molar-refractivity contribution in [3.8, 4) is 0 Å². The van der Waals surface area contributed by atoms with E-state index in [0.717, 1.165) is 32.5 Å². The minimum atomic E-state index is -0.554. The van der Waals surface area contributed by atoms with E-state index in [0.29, 0.717) is 6.42 Å². The number of nitrogens with zero attached hydrogens (tertiary/aromatic N) is 1. The van der Waals surface area contributed by atoms with Gasteiger partial charge >= 0.3 is 5.97 Å². The van der Waals surface area contributed by atoms with Crippen LogP contribution in [0.4, 0.5) is 0 Å². The van der Waals surface area contributed by atoms with E-state index in [-0.39, 0.29) is 41.7 Å². The van der Waals surface area contributed by atoms with Crippen LogP contribution in [0.25, 0.3) is 0 Å². The van der Waals surface area contributed by atoms with Crippen molar-refractivity contribution in [2.24, 2.45) is 11.8 Å². The van der Waals surface area contributed by atoms with Gasteiger partial charge in [-0.05, 0) is 59.0 Å². The second-order valence-corrected chi connectivity index (χ2v) is 9.46. The van der Waals surface area contributed by atoms with Crippen LogP contribution in [0.15, 0.2) is 0 Å². The molecule has 0 bridgehead atoms. The maximum atomic E-state index is 12.7. The molecule has 6 heteroatoms. The molecule has 1 saturated carbocycles. The molecule has 26 heavy (non-hydrogen) atoms. The average molecular weight is 365 g/mol. The molecule has 8 atom stereocenters. The van der Waals surface area contributed by atoms with E-state index in [1.165, 1.54) is 19.3 Å². The monoisotopic (exact) mass is 365 g/mol. The van der Waals surface area contributed by atoms with Crippen molar-refractivity contribution >= 4 is 5.97 Å². The van der Waals surface area contributed by atoms with Crippen LogP contribution >= 0.6 is 0 Å². The number of likely N-dealkylation sites (tertiary alicyclic amines) is 1. The van der Waals surface area contributed by atoms with Crippen LogP contribution in [0.3, 0.4) is 0 Å². The summed E-state index contributed by atoms with van der Waals surface area (Å²) in [6, 6.07) is 0. The van der Waals surface area contributed by atoms with Crippen LogP contribution in [0.2, 0.25) is 0 Å². The lowest BCUT2D eigenvalue weighted by Crippen LogP contribution is -2.42. The Morgan fingerprint density at radius 2 is 1.96 bits per heavy atom. The van der Waals surface area contributed by atoms with Gasteiger partial charge in [-0.2, -0.15) is 0 Å². The fourth-order valence-electron chi connectivity index (χ4n) is 5.62. The number of rotatable bonds is 2. The van der Waals surface area contributed by atoms with Crippen LogP contribution in [-0.2, 0) is 19.0 Å². The van der Waals surface area contributed by atoms with Crippen molar-refractivity contribution in [2.75, 3.05) is 19.6 Å². The van der Waals surface area contributed by atoms with Crippen LogP contribution < -0.4 is 0 Å². The summed E-state index contributed by atoms with van der Waals surface area (Å²) in [7, 11) is 0. The zero-order valence-corrected chi connectivity index (χ0v) is 15.9. The minimum absolute atomic E-state index is 0.00558. The number of aliphatic hydroxyl groups is 1. The van der Waals surface area contributed by atoms with E-state index >= 15 is 0 Å². The molecular weight excluding hydrogens is 334 g/mol. The number of carbonyl (C=O) groups is 1. The highest BCUT2D eigenvalue weighted by molar-refractivity contribution is 5.76. The van der Waals surface area contributed by atoms with Gasteiger partial charge in [0.05, 0.1) is 23.7 Å². The molecule has 0 radical (unpaired) electrons. The first-order valence-corrected chi connectivity index (χ1v) is 10.4. The van der Waals surface area contributed by atoms with Crippen molar-refractivity contribution in [1.29, 1.82) is 0 Å². The van der Waals surface area contributed by atoms with E-state index in [4.69, 9.17) is 14.2 Å². The van der Waals surface area contributed by atoms with Gasteiger partial charge < -0.3 is 24.2 Å². The lowest BCUT2D eigenvalue weighted by atomic mass is 9.77. The molecule has 4 aliphatic heterocycles. The molecule has 0 amide bonds. The van der Waals surface area contributed by atoms with Crippen molar-refractivity contribution in [2.45, 2.75) is 88.0 Å². The highest BCUT2D eigenvalue weighted by Crippen LogP contribution is 2.54. The third kappa shape index (κ3) is 2.72. The number of fused-ring (bicyclic) bond motifs is 4. The Morgan fingerprint density at radius 1 is 1.19 bits per heavy atom. The summed E-state index contributed by atoms with van der Waals surface area (Å²) in [5, 5.41) is 10.9. The lowest BCUT2D eigenvalue weighted by Gasteiger charge is -2.31. The van der Waals surface area contributed by atoms with E-state index in [2.05, 4.69) is 11.8 Å². The number of hydrogen-bond acceptors (Lipinski definition) is 6. The van der Waals surface area contributed by atoms with Gasteiger partial charge in [0, 0.05) is 12.5 Å². The number of ether oxygens (including phenoxy) is 3. The molecule has 4 heterocycles. The molecule has 5 aliphatic rings. The van der Waals surface area contributed by atoms with Gasteiger partial charge in [0.1, 0.15) is 17.8 Å². The first-order chi connectivity index (χ1) is 12.4. The average Bonchev–Trinajstić information content (AvgIpc) is 3.47. The molecule has 6 nitrogen and oxygen atoms in total. The number of hydrogen-bond donors (Lipinski definition) is 1. The van der Waals surface area contributed by atoms with Crippen molar-refractivity contribution < 1.29 is 24.1 Å². The minimum Gasteiger partial charge on any atom is -0.459 e. The van der Waals surface area contributed by atoms with Crippen LogP contribution in [-0.4, -0.2) is 71.2 Å². The normalized spacial score (nSPS) is 53.9. The maximum Gasteiger partial charge on any atom is 0.311 e. The highest BCUT2D eigenvalue weighted by atomic mass is 16.7. The summed E-state index contributed by atoms with van der Waals surface area (Å²) in [6.45, 7) is 6.99. The third-order valence-electron chi connectivity index (χ3n) is 7.67. The Hall–Kier alpha value is -0.690. The molecule has 1 N–H and O–H groups in total. The molecule has 0 aromatic carbocycles. The van der Waals surface area contributed by atoms with Crippen LogP contribution in [0.1, 0.15) is 52.4 Å². The number of carbonyl (C=O) groups excluding carboxylic acids is 1. The third-order valence-corrected chi connectivity index (χ3v) is 7.67. The van der Waals surface area contributed by atoms with Gasteiger partial charge in [-0.1, -0.05) is 6.42 Å². The number of esters is 1. The largest absolute Gasteiger partial charge is 0.459 e. The Bertz CT molecular complexity index is 593. The smallest absolute Gasteiger partial charge is 0.311 e. The summed E-state index contributed by atoms with van der Waals surface area (Å²) < 4.78 is 17.8. The Labute approximate surface area is 155 Å². The van der Waals surface area contributed by atoms with Crippen molar-refractivity contribution in [1.82, 2.24) is 4.90 Å². The van der Waals surface area contributed by atoms with Crippen LogP contribution in [0, 0.1) is 11.8 Å². The molecule has 0 aromatic rings. The Morgan fingerprint density at radius 3 is 2.73 bits per heavy atom. The highest BCUT2D eigenvalue weighted by Gasteiger charge is 2.67. The maximum absolute atomic E-state index is 12.7. The number of epoxide rings is 2. The summed E-state index contributed by atoms with van der Waals surface area (Å²) in [5.74, 6) is -0.263. The van der Waals surface area contributed by atoms with Crippen molar-refractivity contribution in [3.63, 3.8) is 0 Å². The van der Waals surface area contributed by atoms with Crippen LogP contribution in [0.5, 0.6) is 0 Å². The Balaban J connectivity index is 1.39. The molecule has 4 saturated heterocycles. The molecule has 0 aromatic heterocycles. The molecule has 1 aliphatic carbocycles. The van der Waals surface area contributed by atoms with E-state index in [9.17, 15) is 9.90 Å². The van der Waals surface area contributed by atoms with E-state index in [1.807, 2.05) is 6.92 Å². The van der Waals surface area contributed by atoms with Gasteiger partial charge in [0.2, 0.25) is 0 Å². The lowest BCUT2D eigenvalue weighted by molar-refractivity contribution is -0.145. The predicted octanol–water partition coefficient (Wildman–Crippen LogP) is 1.49. The van der Waals surface area contributed by atoms with Gasteiger partial charge in [0.25, 0.3) is 0 Å². The zero-order chi connectivity index (χ0) is 18.1. The fourth-order valence-corrected chi connectivity index (χ4v) is 5.62. The van der Waals surface area contributed by atoms with Gasteiger partial charge in [0.15, 0.2) is 0 Å². The molecule has 5 rings (SSSR count). The second-order valence-electron chi connectivity index (χ2n) is 9.46. The number of aliphatic hydroxyl groups excluding tert-OH is 1. The van der Waals surface area contributed by atoms with Crippen molar-refractivity contribution in [3.05, 3.63) is 0 Å². The van der Waals surface area contributed by atoms with Gasteiger partial charge in [-0.25, -0.2) is 0 Å². The zero-order valence-electron chi connectivity index (χ0n) is 15.9. The van der Waals surface area contributed by atoms with E-state index < -0.39 is 11.7 Å². The quantitative estimate of drug-likeness (QED) is 0.590. The summed E-state index contributed by atoms with van der Waals surface area (Å²) >= 11 is 0. The predicted molar refractivity (Wildman–Crippen MR) is 93.6 cm³/mol. The SMILES string of the molecule is C[C@]12O[C@@H]1CC[C@@]1(C)O[C@@H]1[C@H]1OC(=O)[C@@H](CN3CCCCC3)[C@@H]1C[C@H]2O. The first kappa shape index (κ1) is 17.4. The molecule has 146 valence electrons. The molecule has 0 unspecified atom stereocenters. The summed E-state index contributed by atoms with van der Waals surface area (Å²) in [6.07, 6.45) is 5.32. The van der Waals surface area contributed by atoms with E-state index in [1.54, 1.807) is 0 Å². The standard InChI is InChI=1S/C20H31NO5/c1-19-7-6-15-20(2,25-15)14(22)10-12-13(11-21-8-4-3-5-9-21)18(23)24-16(12)17(19)26-19/h12-17,22H,3-11H2,1-2H3/t12-,13-,14+,15+,16-,17+,19+,20+/m0/s1. The molecule has 0 spiro atoms.